The summed E-state index contributed by atoms with van der Waals surface area (Å²) in [6.45, 7) is 10.1. The summed E-state index contributed by atoms with van der Waals surface area (Å²) >= 11 is 0. The quantitative estimate of drug-likeness (QED) is 0.0156. The number of nitrogens with one attached hydrogen (secondary N) is 10. The molecule has 0 saturated carbocycles. The van der Waals surface area contributed by atoms with Crippen molar-refractivity contribution in [3.05, 3.63) is 0 Å². The van der Waals surface area contributed by atoms with Crippen LogP contribution < -0.4 is 76.5 Å². The number of unbranched alkanes of at least 4 members (excludes halogenated alkanes) is 2. The molecule has 0 bridgehead atoms. The molecule has 12 atom stereocenters. The number of rotatable bonds is 40. The highest BCUT2D eigenvalue weighted by atomic mass is 16.4. The van der Waals surface area contributed by atoms with Crippen LogP contribution in [0.2, 0.25) is 0 Å². The average molecular weight is 1320 g/mol. The summed E-state index contributed by atoms with van der Waals surface area (Å²) in [4.78, 5) is 192. The van der Waals surface area contributed by atoms with Crippen LogP contribution in [0, 0.1) is 17.2 Å². The van der Waals surface area contributed by atoms with E-state index in [1.807, 2.05) is 0 Å². The number of primary amides is 1. The maximum Gasteiger partial charge on any atom is 0.325 e. The molecule has 93 heavy (non-hydrogen) atoms. The van der Waals surface area contributed by atoms with Crippen molar-refractivity contribution in [3.8, 4) is 0 Å². The van der Waals surface area contributed by atoms with Crippen molar-refractivity contribution in [3.63, 3.8) is 0 Å². The number of guanidine groups is 1. The fourth-order valence-corrected chi connectivity index (χ4v) is 11.2. The van der Waals surface area contributed by atoms with Gasteiger partial charge in [-0.25, -0.2) is 0 Å². The molecule has 0 spiro atoms. The highest BCUT2D eigenvalue weighted by Gasteiger charge is 2.44. The van der Waals surface area contributed by atoms with Crippen molar-refractivity contribution >= 4 is 88.8 Å². The third kappa shape index (κ3) is 25.3. The maximum absolute atomic E-state index is 14.6. The Morgan fingerprint density at radius 1 is 0.462 bits per heavy atom. The second-order valence-corrected chi connectivity index (χ2v) is 24.7. The minimum absolute atomic E-state index is 0.0335. The van der Waals surface area contributed by atoms with E-state index in [0.29, 0.717) is 44.9 Å². The lowest BCUT2D eigenvalue weighted by Crippen LogP contribution is -2.60. The minimum atomic E-state index is -1.49. The summed E-state index contributed by atoms with van der Waals surface area (Å²) in [5, 5.41) is 49.6. The lowest BCUT2D eigenvalue weighted by molar-refractivity contribution is -0.145. The number of carbonyl (C=O) groups is 14. The first kappa shape index (κ1) is 79.0. The summed E-state index contributed by atoms with van der Waals surface area (Å²) in [5.41, 5.74) is 28.5. The smallest absolute Gasteiger partial charge is 0.325 e. The first-order valence-corrected chi connectivity index (χ1v) is 32.2. The normalized spacial score (nSPS) is 19.1. The zero-order valence-electron chi connectivity index (χ0n) is 54.4. The van der Waals surface area contributed by atoms with Gasteiger partial charge in [0.15, 0.2) is 5.96 Å². The molecule has 34 nitrogen and oxygen atoms in total. The molecule has 3 heterocycles. The van der Waals surface area contributed by atoms with E-state index < -0.39 is 174 Å². The van der Waals surface area contributed by atoms with Crippen LogP contribution in [-0.2, 0) is 67.1 Å². The van der Waals surface area contributed by atoms with Gasteiger partial charge in [0.25, 0.3) is 0 Å². The Labute approximate surface area is 541 Å². The number of hydrogen-bond donors (Lipinski definition) is 17. The second-order valence-electron chi connectivity index (χ2n) is 24.7. The Hall–Kier alpha value is -8.27. The summed E-state index contributed by atoms with van der Waals surface area (Å²) in [7, 11) is 0. The molecule has 0 radical (unpaired) electrons. The number of hydrogen-bond acceptors (Lipinski definition) is 18. The number of carbonyl (C=O) groups excluding carboxylic acids is 12. The number of carboxylic acid groups (broad SMARTS) is 2. The largest absolute Gasteiger partial charge is 0.481 e. The lowest BCUT2D eigenvalue weighted by atomic mass is 10.0. The summed E-state index contributed by atoms with van der Waals surface area (Å²) < 4.78 is 0. The Morgan fingerprint density at radius 3 is 1.38 bits per heavy atom. The number of nitrogens with zero attached hydrogens (tertiary/aromatic N) is 3. The molecule has 3 saturated heterocycles. The van der Waals surface area contributed by atoms with Crippen LogP contribution in [-0.4, -0.2) is 225 Å². The van der Waals surface area contributed by atoms with Crippen LogP contribution >= 0.6 is 0 Å². The molecule has 524 valence electrons. The molecule has 0 aromatic carbocycles. The van der Waals surface area contributed by atoms with Gasteiger partial charge in [0, 0.05) is 39.0 Å². The first-order valence-electron chi connectivity index (χ1n) is 32.2. The van der Waals surface area contributed by atoms with Gasteiger partial charge in [-0.2, -0.15) is 0 Å². The topological polar surface area (TPSA) is 551 Å². The zero-order chi connectivity index (χ0) is 69.8. The van der Waals surface area contributed by atoms with E-state index in [0.717, 1.165) is 0 Å². The Bertz CT molecular complexity index is 2650. The van der Waals surface area contributed by atoms with E-state index >= 15 is 0 Å². The van der Waals surface area contributed by atoms with E-state index in [4.69, 9.17) is 39.2 Å². The van der Waals surface area contributed by atoms with Crippen molar-refractivity contribution in [1.82, 2.24) is 62.6 Å². The van der Waals surface area contributed by atoms with Gasteiger partial charge in [-0.1, -0.05) is 27.7 Å². The van der Waals surface area contributed by atoms with E-state index in [2.05, 4.69) is 47.9 Å². The van der Waals surface area contributed by atoms with Gasteiger partial charge in [-0.3, -0.25) is 72.5 Å². The number of aliphatic carboxylic acids is 2. The average Bonchev–Trinajstić information content (AvgIpc) is 1.77. The standard InChI is InChI=1S/C59H102N18O16/c1-31(2)45(54(88)68-34(6)58(92)93)73-50(84)36(15-7-9-25-60)69-49(83)37(17-11-27-66-59(64)65)70-51(85)40-18-13-29-76(40)56(90)39(16-8-10-26-61)72-47(81)33(5)67-48(82)38(22-23-43(63)78)71-52(86)41-19-14-30-77(41)57(91)46(32(3)4)74-53(87)42-20-12-28-75(42)55(89)35(62)21-24-44(79)80/h31-42,45-46H,7-30,60-62H2,1-6H3,(H2,63,78)(H,67,82)(H,68,88)(H,69,83)(H,70,85)(H,71,86)(H,72,81)(H,73,84)(H,74,87)(H,79,80)(H,92,93)(H4,64,65,66)/t33-,34-,35-,36-,37-,38-,39-,40-,41-,42-,45-,46-/m0/s1. The zero-order valence-corrected chi connectivity index (χ0v) is 54.4. The van der Waals surface area contributed by atoms with Gasteiger partial charge in [0.2, 0.25) is 70.9 Å². The molecule has 34 heteroatoms. The molecular weight excluding hydrogens is 1220 g/mol. The predicted molar refractivity (Wildman–Crippen MR) is 337 cm³/mol. The van der Waals surface area contributed by atoms with Crippen molar-refractivity contribution in [2.75, 3.05) is 39.3 Å². The van der Waals surface area contributed by atoms with E-state index in [9.17, 15) is 72.2 Å². The Balaban J connectivity index is 1.81. The summed E-state index contributed by atoms with van der Waals surface area (Å²) in [5.74, 6) is -12.9. The van der Waals surface area contributed by atoms with Gasteiger partial charge >= 0.3 is 11.9 Å². The van der Waals surface area contributed by atoms with Crippen LogP contribution in [0.25, 0.3) is 0 Å². The predicted octanol–water partition coefficient (Wildman–Crippen LogP) is -4.75. The second kappa shape index (κ2) is 39.3. The number of likely N-dealkylation sites (tertiary alicyclic amines) is 3. The summed E-state index contributed by atoms with van der Waals surface area (Å²) in [6, 6.07) is -14.9. The third-order valence-corrected chi connectivity index (χ3v) is 16.5. The first-order chi connectivity index (χ1) is 43.8. The van der Waals surface area contributed by atoms with Gasteiger partial charge in [0.1, 0.15) is 66.5 Å². The van der Waals surface area contributed by atoms with Gasteiger partial charge < -0.3 is 101 Å². The molecule has 0 aromatic rings. The molecular formula is C59H102N18O16. The summed E-state index contributed by atoms with van der Waals surface area (Å²) in [6.07, 6.45) is 2.21. The molecule has 0 aliphatic carbocycles. The third-order valence-electron chi connectivity index (χ3n) is 16.5. The SMILES string of the molecule is CC(C)[C@H](NC(=O)[C@H](CCCCN)NC(=O)[C@H](CCCNC(=N)N)NC(=O)[C@@H]1CCCN1C(=O)[C@H](CCCCN)NC(=O)[C@H](C)NC(=O)[C@H](CCC(N)=O)NC(=O)[C@@H]1CCCN1C(=O)[C@@H](NC(=O)[C@@H]1CCCN1C(=O)[C@@H](N)CCC(=O)O)C(C)C)C(=O)N[C@@H](C)C(=O)O. The Morgan fingerprint density at radius 2 is 0.892 bits per heavy atom. The van der Waals surface area contributed by atoms with Crippen molar-refractivity contribution in [2.45, 2.75) is 230 Å². The fraction of sp³-hybridized carbons (Fsp3) is 0.746. The number of amides is 12. The molecule has 3 rings (SSSR count). The Kier molecular flexibility index (Phi) is 33.4. The molecule has 3 aliphatic rings. The molecule has 12 amide bonds. The van der Waals surface area contributed by atoms with Crippen LogP contribution in [0.4, 0.5) is 0 Å². The van der Waals surface area contributed by atoms with Crippen molar-refractivity contribution in [1.29, 1.82) is 5.41 Å². The van der Waals surface area contributed by atoms with E-state index in [1.54, 1.807) is 27.7 Å². The molecule has 0 aromatic heterocycles. The van der Waals surface area contributed by atoms with Crippen LogP contribution in [0.3, 0.4) is 0 Å². The monoisotopic (exact) mass is 1320 g/mol. The highest BCUT2D eigenvalue weighted by molar-refractivity contribution is 6.00. The molecule has 22 N–H and O–H groups in total. The van der Waals surface area contributed by atoms with Crippen molar-refractivity contribution < 1.29 is 77.3 Å². The van der Waals surface area contributed by atoms with Crippen molar-refractivity contribution in [2.24, 2.45) is 40.5 Å². The van der Waals surface area contributed by atoms with E-state index in [1.165, 1.54) is 28.5 Å². The lowest BCUT2D eigenvalue weighted by Gasteiger charge is -2.33. The number of carboxylic acids is 2. The van der Waals surface area contributed by atoms with Crippen LogP contribution in [0.1, 0.15) is 157 Å². The fourth-order valence-electron chi connectivity index (χ4n) is 11.2. The van der Waals surface area contributed by atoms with Gasteiger partial charge in [0.05, 0.1) is 6.04 Å². The minimum Gasteiger partial charge on any atom is -0.481 e. The van der Waals surface area contributed by atoms with Gasteiger partial charge in [-0.05, 0) is 142 Å². The van der Waals surface area contributed by atoms with E-state index in [-0.39, 0.29) is 109 Å². The van der Waals surface area contributed by atoms with Crippen LogP contribution in [0.15, 0.2) is 0 Å². The molecule has 3 fully saturated rings. The van der Waals surface area contributed by atoms with Gasteiger partial charge in [-0.15, -0.1) is 0 Å². The molecule has 0 unspecified atom stereocenters. The highest BCUT2D eigenvalue weighted by Crippen LogP contribution is 2.25. The van der Waals surface area contributed by atoms with Crippen LogP contribution in [0.5, 0.6) is 0 Å². The maximum atomic E-state index is 14.6. The number of nitrogens with two attached hydrogens (primary N) is 5. The molecule has 3 aliphatic heterocycles.